The number of aromatic nitrogens is 2. The van der Waals surface area contributed by atoms with E-state index in [1.807, 2.05) is 0 Å². The highest BCUT2D eigenvalue weighted by molar-refractivity contribution is 6.17. The van der Waals surface area contributed by atoms with Crippen molar-refractivity contribution in [3.05, 3.63) is 11.8 Å². The van der Waals surface area contributed by atoms with Crippen molar-refractivity contribution < 1.29 is 4.42 Å². The van der Waals surface area contributed by atoms with Crippen LogP contribution in [-0.4, -0.2) is 16.1 Å². The van der Waals surface area contributed by atoms with Gasteiger partial charge in [0.05, 0.1) is 0 Å². The number of rotatable bonds is 3. The highest BCUT2D eigenvalue weighted by Gasteiger charge is 2.30. The first-order valence-corrected chi connectivity index (χ1v) is 5.21. The summed E-state index contributed by atoms with van der Waals surface area (Å²) < 4.78 is 5.47. The Morgan fingerprint density at radius 1 is 1.46 bits per heavy atom. The molecule has 13 heavy (non-hydrogen) atoms. The molecule has 4 heteroatoms. The molecule has 0 saturated heterocycles. The summed E-state index contributed by atoms with van der Waals surface area (Å²) in [5.74, 6) is 3.34. The quantitative estimate of drug-likeness (QED) is 0.704. The Labute approximate surface area is 82.5 Å². The molecule has 0 spiro atoms. The van der Waals surface area contributed by atoms with E-state index >= 15 is 0 Å². The molecule has 1 aliphatic carbocycles. The molecule has 0 N–H and O–H groups in total. The van der Waals surface area contributed by atoms with Gasteiger partial charge in [0.1, 0.15) is 0 Å². The van der Waals surface area contributed by atoms with Crippen molar-refractivity contribution in [2.75, 3.05) is 5.88 Å². The second-order valence-electron chi connectivity index (χ2n) is 3.75. The van der Waals surface area contributed by atoms with Gasteiger partial charge in [-0.25, -0.2) is 0 Å². The maximum absolute atomic E-state index is 5.57. The zero-order valence-electron chi connectivity index (χ0n) is 7.66. The molecule has 0 radical (unpaired) electrons. The third-order valence-electron chi connectivity index (χ3n) is 2.51. The topological polar surface area (TPSA) is 38.9 Å². The van der Waals surface area contributed by atoms with Gasteiger partial charge in [0, 0.05) is 18.2 Å². The van der Waals surface area contributed by atoms with Crippen LogP contribution in [0.15, 0.2) is 4.42 Å². The summed E-state index contributed by atoms with van der Waals surface area (Å²) in [6, 6.07) is 0. The Kier molecular flexibility index (Phi) is 2.54. The van der Waals surface area contributed by atoms with E-state index in [0.29, 0.717) is 24.1 Å². The van der Waals surface area contributed by atoms with Crippen LogP contribution in [-0.2, 0) is 6.42 Å². The Bertz CT molecular complexity index is 281. The lowest BCUT2D eigenvalue weighted by Crippen LogP contribution is -2.19. The van der Waals surface area contributed by atoms with Crippen LogP contribution in [0, 0.1) is 5.92 Å². The average molecular weight is 201 g/mol. The summed E-state index contributed by atoms with van der Waals surface area (Å²) in [4.78, 5) is 0. The SMILES string of the molecule is CC1CC(c2nnc(CCCl)o2)C1. The van der Waals surface area contributed by atoms with Crippen LogP contribution in [0.3, 0.4) is 0 Å². The molecule has 72 valence electrons. The van der Waals surface area contributed by atoms with Gasteiger partial charge >= 0.3 is 0 Å². The van der Waals surface area contributed by atoms with Gasteiger partial charge in [-0.3, -0.25) is 0 Å². The smallest absolute Gasteiger partial charge is 0.219 e. The number of alkyl halides is 1. The first-order valence-electron chi connectivity index (χ1n) is 4.68. The van der Waals surface area contributed by atoms with Gasteiger partial charge in [0.2, 0.25) is 11.8 Å². The molecule has 1 saturated carbocycles. The molecular weight excluding hydrogens is 188 g/mol. The number of hydrogen-bond donors (Lipinski definition) is 0. The molecule has 0 atom stereocenters. The lowest BCUT2D eigenvalue weighted by atomic mass is 9.76. The molecule has 3 nitrogen and oxygen atoms in total. The number of nitrogens with zero attached hydrogens (tertiary/aromatic N) is 2. The molecule has 0 unspecified atom stereocenters. The minimum absolute atomic E-state index is 0.506. The van der Waals surface area contributed by atoms with Gasteiger partial charge in [0.15, 0.2) is 0 Å². The van der Waals surface area contributed by atoms with Crippen molar-refractivity contribution in [3.8, 4) is 0 Å². The van der Waals surface area contributed by atoms with Gasteiger partial charge in [-0.05, 0) is 18.8 Å². The van der Waals surface area contributed by atoms with Crippen molar-refractivity contribution in [3.63, 3.8) is 0 Å². The van der Waals surface area contributed by atoms with Gasteiger partial charge < -0.3 is 4.42 Å². The number of aryl methyl sites for hydroxylation is 1. The first-order chi connectivity index (χ1) is 6.29. The van der Waals surface area contributed by atoms with E-state index in [-0.39, 0.29) is 0 Å². The van der Waals surface area contributed by atoms with Gasteiger partial charge in [-0.2, -0.15) is 0 Å². The van der Waals surface area contributed by atoms with E-state index in [2.05, 4.69) is 17.1 Å². The minimum Gasteiger partial charge on any atom is -0.425 e. The Morgan fingerprint density at radius 2 is 2.23 bits per heavy atom. The summed E-state index contributed by atoms with van der Waals surface area (Å²) in [5.41, 5.74) is 0. The van der Waals surface area contributed by atoms with Crippen molar-refractivity contribution in [1.29, 1.82) is 0 Å². The lowest BCUT2D eigenvalue weighted by Gasteiger charge is -2.29. The fourth-order valence-electron chi connectivity index (χ4n) is 1.72. The summed E-state index contributed by atoms with van der Waals surface area (Å²) >= 11 is 5.57. The van der Waals surface area contributed by atoms with Crippen molar-refractivity contribution in [1.82, 2.24) is 10.2 Å². The van der Waals surface area contributed by atoms with Crippen LogP contribution in [0.4, 0.5) is 0 Å². The van der Waals surface area contributed by atoms with Crippen LogP contribution in [0.2, 0.25) is 0 Å². The second kappa shape index (κ2) is 3.66. The molecule has 0 aromatic carbocycles. The molecule has 1 fully saturated rings. The summed E-state index contributed by atoms with van der Waals surface area (Å²) in [6.07, 6.45) is 3.04. The van der Waals surface area contributed by atoms with Crippen molar-refractivity contribution in [2.45, 2.75) is 32.1 Å². The van der Waals surface area contributed by atoms with Crippen LogP contribution in [0.1, 0.15) is 37.5 Å². The molecule has 2 rings (SSSR count). The van der Waals surface area contributed by atoms with E-state index in [9.17, 15) is 0 Å². The van der Waals surface area contributed by atoms with E-state index in [0.717, 1.165) is 11.8 Å². The largest absolute Gasteiger partial charge is 0.425 e. The van der Waals surface area contributed by atoms with Crippen LogP contribution >= 0.6 is 11.6 Å². The molecule has 1 heterocycles. The highest BCUT2D eigenvalue weighted by atomic mass is 35.5. The zero-order valence-corrected chi connectivity index (χ0v) is 8.42. The molecular formula is C9H13ClN2O. The second-order valence-corrected chi connectivity index (χ2v) is 4.12. The zero-order chi connectivity index (χ0) is 9.26. The predicted molar refractivity (Wildman–Crippen MR) is 49.9 cm³/mol. The molecule has 1 aromatic rings. The molecule has 0 bridgehead atoms. The highest BCUT2D eigenvalue weighted by Crippen LogP contribution is 2.40. The molecule has 0 aliphatic heterocycles. The van der Waals surface area contributed by atoms with Crippen molar-refractivity contribution in [2.24, 2.45) is 5.92 Å². The normalized spacial score (nSPS) is 27.2. The fraction of sp³-hybridized carbons (Fsp3) is 0.778. The molecule has 1 aliphatic rings. The van der Waals surface area contributed by atoms with Gasteiger partial charge in [0.25, 0.3) is 0 Å². The number of halogens is 1. The van der Waals surface area contributed by atoms with E-state index in [1.54, 1.807) is 0 Å². The summed E-state index contributed by atoms with van der Waals surface area (Å²) in [6.45, 7) is 2.24. The minimum atomic E-state index is 0.506. The summed E-state index contributed by atoms with van der Waals surface area (Å²) in [5, 5.41) is 7.95. The Balaban J connectivity index is 1.97. The first kappa shape index (κ1) is 9.00. The van der Waals surface area contributed by atoms with E-state index in [4.69, 9.17) is 16.0 Å². The third kappa shape index (κ3) is 1.85. The summed E-state index contributed by atoms with van der Waals surface area (Å²) in [7, 11) is 0. The van der Waals surface area contributed by atoms with Gasteiger partial charge in [-0.1, -0.05) is 6.92 Å². The van der Waals surface area contributed by atoms with Gasteiger partial charge in [-0.15, -0.1) is 21.8 Å². The monoisotopic (exact) mass is 200 g/mol. The standard InChI is InChI=1S/C9H13ClN2O/c1-6-4-7(5-6)9-12-11-8(13-9)2-3-10/h6-7H,2-5H2,1H3. The Morgan fingerprint density at radius 3 is 2.85 bits per heavy atom. The van der Waals surface area contributed by atoms with Crippen molar-refractivity contribution >= 4 is 11.6 Å². The molecule has 0 amide bonds. The van der Waals surface area contributed by atoms with Crippen LogP contribution in [0.25, 0.3) is 0 Å². The lowest BCUT2D eigenvalue weighted by molar-refractivity contribution is 0.242. The number of hydrogen-bond acceptors (Lipinski definition) is 3. The molecule has 1 aromatic heterocycles. The third-order valence-corrected chi connectivity index (χ3v) is 2.70. The average Bonchev–Trinajstić information content (AvgIpc) is 2.48. The maximum Gasteiger partial charge on any atom is 0.219 e. The fourth-order valence-corrected chi connectivity index (χ4v) is 1.88. The maximum atomic E-state index is 5.57. The Hall–Kier alpha value is -0.570. The van der Waals surface area contributed by atoms with Crippen LogP contribution < -0.4 is 0 Å². The van der Waals surface area contributed by atoms with E-state index in [1.165, 1.54) is 12.8 Å². The van der Waals surface area contributed by atoms with E-state index < -0.39 is 0 Å². The predicted octanol–water partition coefficient (Wildman–Crippen LogP) is 2.36. The van der Waals surface area contributed by atoms with Crippen LogP contribution in [0.5, 0.6) is 0 Å².